The van der Waals surface area contributed by atoms with Gasteiger partial charge in [0.15, 0.2) is 5.78 Å². The van der Waals surface area contributed by atoms with Gasteiger partial charge in [-0.05, 0) is 24.2 Å². The van der Waals surface area contributed by atoms with Gasteiger partial charge >= 0.3 is 0 Å². The Balaban J connectivity index is 2.52. The van der Waals surface area contributed by atoms with E-state index in [1.807, 2.05) is 20.8 Å². The van der Waals surface area contributed by atoms with Crippen LogP contribution < -0.4 is 0 Å². The van der Waals surface area contributed by atoms with Crippen LogP contribution in [0.2, 0.25) is 0 Å². The van der Waals surface area contributed by atoms with Crippen molar-refractivity contribution in [2.45, 2.75) is 53.9 Å². The number of hydrogen-bond donors (Lipinski definition) is 0. The van der Waals surface area contributed by atoms with Gasteiger partial charge in [-0.25, -0.2) is 0 Å². The Morgan fingerprint density at radius 3 is 2.19 bits per heavy atom. The van der Waals surface area contributed by atoms with E-state index in [1.54, 1.807) is 0 Å². The molecule has 0 radical (unpaired) electrons. The highest BCUT2D eigenvalue weighted by molar-refractivity contribution is 6.12. The van der Waals surface area contributed by atoms with Crippen LogP contribution >= 0.6 is 0 Å². The number of fused-ring (bicyclic) bond motifs is 2. The molecule has 0 aromatic heterocycles. The summed E-state index contributed by atoms with van der Waals surface area (Å²) in [6.45, 7) is 10.0. The Hall–Kier alpha value is -0.660. The summed E-state index contributed by atoms with van der Waals surface area (Å²) in [6, 6.07) is 0. The monoisotopic (exact) mass is 222 g/mol. The standard InChI is InChI=1S/C14H22O2/c1-12(2,3)11(16)14-7-6-9(8-10(14)15)13(14,4)5/h9H,6-8H2,1-5H3. The fourth-order valence-electron chi connectivity index (χ4n) is 3.85. The minimum Gasteiger partial charge on any atom is -0.299 e. The van der Waals surface area contributed by atoms with Crippen molar-refractivity contribution in [3.8, 4) is 0 Å². The van der Waals surface area contributed by atoms with Gasteiger partial charge in [-0.2, -0.15) is 0 Å². The van der Waals surface area contributed by atoms with Gasteiger partial charge < -0.3 is 0 Å². The minimum absolute atomic E-state index is 0.131. The van der Waals surface area contributed by atoms with Crippen LogP contribution in [-0.2, 0) is 9.59 Å². The molecule has 16 heavy (non-hydrogen) atoms. The highest BCUT2D eigenvalue weighted by Crippen LogP contribution is 2.65. The summed E-state index contributed by atoms with van der Waals surface area (Å²) in [5, 5.41) is 0. The van der Waals surface area contributed by atoms with Gasteiger partial charge in [-0.1, -0.05) is 34.6 Å². The fraction of sp³-hybridized carbons (Fsp3) is 0.857. The van der Waals surface area contributed by atoms with Gasteiger partial charge in [0, 0.05) is 11.8 Å². The molecule has 2 nitrogen and oxygen atoms in total. The molecular weight excluding hydrogens is 200 g/mol. The zero-order chi connectivity index (χ0) is 12.4. The summed E-state index contributed by atoms with van der Waals surface area (Å²) in [7, 11) is 0. The molecular formula is C14H22O2. The van der Waals surface area contributed by atoms with E-state index >= 15 is 0 Å². The first-order valence-corrected chi connectivity index (χ1v) is 6.22. The maximum Gasteiger partial charge on any atom is 0.152 e. The predicted molar refractivity (Wildman–Crippen MR) is 63.0 cm³/mol. The molecule has 2 bridgehead atoms. The molecule has 0 N–H and O–H groups in total. The lowest BCUT2D eigenvalue weighted by Gasteiger charge is -2.39. The quantitative estimate of drug-likeness (QED) is 0.639. The SMILES string of the molecule is CC(C)(C)C(=O)C12CCC(CC1=O)C2(C)C. The van der Waals surface area contributed by atoms with Crippen LogP contribution in [0.15, 0.2) is 0 Å². The van der Waals surface area contributed by atoms with E-state index in [-0.39, 0.29) is 17.0 Å². The first kappa shape index (κ1) is 11.8. The van der Waals surface area contributed by atoms with Crippen LogP contribution in [-0.4, -0.2) is 11.6 Å². The van der Waals surface area contributed by atoms with Crippen molar-refractivity contribution in [3.63, 3.8) is 0 Å². The molecule has 2 atom stereocenters. The second-order valence-electron chi connectivity index (χ2n) is 7.07. The largest absolute Gasteiger partial charge is 0.299 e. The molecule has 2 heteroatoms. The van der Waals surface area contributed by atoms with Crippen LogP contribution in [0.4, 0.5) is 0 Å². The molecule has 2 aliphatic rings. The van der Waals surface area contributed by atoms with Gasteiger partial charge in [0.2, 0.25) is 0 Å². The maximum atomic E-state index is 12.7. The summed E-state index contributed by atoms with van der Waals surface area (Å²) in [5.74, 6) is 0.787. The third-order valence-corrected chi connectivity index (χ3v) is 4.96. The lowest BCUT2D eigenvalue weighted by atomic mass is 9.61. The van der Waals surface area contributed by atoms with Crippen molar-refractivity contribution in [1.82, 2.24) is 0 Å². The molecule has 2 fully saturated rings. The first-order chi connectivity index (χ1) is 7.14. The Labute approximate surface area is 97.8 Å². The topological polar surface area (TPSA) is 34.1 Å². The number of carbonyl (C=O) groups excluding carboxylic acids is 2. The van der Waals surface area contributed by atoms with E-state index in [1.165, 1.54) is 0 Å². The van der Waals surface area contributed by atoms with E-state index in [0.29, 0.717) is 12.3 Å². The molecule has 0 aliphatic heterocycles. The Bertz CT molecular complexity index is 359. The normalized spacial score (nSPS) is 36.8. The van der Waals surface area contributed by atoms with Gasteiger partial charge in [-0.15, -0.1) is 0 Å². The second kappa shape index (κ2) is 2.96. The number of carbonyl (C=O) groups is 2. The molecule has 2 aliphatic carbocycles. The van der Waals surface area contributed by atoms with Crippen molar-refractivity contribution in [2.75, 3.05) is 0 Å². The van der Waals surface area contributed by atoms with Gasteiger partial charge in [0.05, 0.1) is 5.41 Å². The average Bonchev–Trinajstić information content (AvgIpc) is 2.48. The van der Waals surface area contributed by atoms with E-state index in [0.717, 1.165) is 12.8 Å². The van der Waals surface area contributed by atoms with Crippen LogP contribution in [0.5, 0.6) is 0 Å². The van der Waals surface area contributed by atoms with Gasteiger partial charge in [-0.3, -0.25) is 9.59 Å². The van der Waals surface area contributed by atoms with Crippen LogP contribution in [0, 0.1) is 22.2 Å². The Morgan fingerprint density at radius 1 is 1.31 bits per heavy atom. The average molecular weight is 222 g/mol. The summed E-state index contributed by atoms with van der Waals surface area (Å²) >= 11 is 0. The zero-order valence-corrected chi connectivity index (χ0v) is 11.0. The predicted octanol–water partition coefficient (Wildman–Crippen LogP) is 3.00. The van der Waals surface area contributed by atoms with E-state index in [9.17, 15) is 9.59 Å². The molecule has 2 saturated carbocycles. The van der Waals surface area contributed by atoms with Crippen LogP contribution in [0.1, 0.15) is 53.9 Å². The van der Waals surface area contributed by atoms with Crippen molar-refractivity contribution in [2.24, 2.45) is 22.2 Å². The highest BCUT2D eigenvalue weighted by atomic mass is 16.2. The number of rotatable bonds is 1. The molecule has 0 saturated heterocycles. The summed E-state index contributed by atoms with van der Waals surface area (Å²) in [6.07, 6.45) is 2.44. The fourth-order valence-corrected chi connectivity index (χ4v) is 3.85. The van der Waals surface area contributed by atoms with Crippen LogP contribution in [0.3, 0.4) is 0 Å². The third-order valence-electron chi connectivity index (χ3n) is 4.96. The molecule has 0 spiro atoms. The summed E-state index contributed by atoms with van der Waals surface area (Å²) in [4.78, 5) is 24.9. The molecule has 90 valence electrons. The zero-order valence-electron chi connectivity index (χ0n) is 11.0. The maximum absolute atomic E-state index is 12.7. The molecule has 2 rings (SSSR count). The lowest BCUT2D eigenvalue weighted by molar-refractivity contribution is -0.149. The van der Waals surface area contributed by atoms with E-state index in [2.05, 4.69) is 13.8 Å². The van der Waals surface area contributed by atoms with Crippen molar-refractivity contribution < 1.29 is 9.59 Å². The number of hydrogen-bond acceptors (Lipinski definition) is 2. The molecule has 0 aromatic rings. The molecule has 0 heterocycles. The van der Waals surface area contributed by atoms with Crippen molar-refractivity contribution in [3.05, 3.63) is 0 Å². The molecule has 0 amide bonds. The smallest absolute Gasteiger partial charge is 0.152 e. The van der Waals surface area contributed by atoms with Gasteiger partial charge in [0.25, 0.3) is 0 Å². The minimum atomic E-state index is -0.671. The van der Waals surface area contributed by atoms with Crippen molar-refractivity contribution >= 4 is 11.6 Å². The lowest BCUT2D eigenvalue weighted by Crippen LogP contribution is -2.48. The Kier molecular flexibility index (Phi) is 2.19. The van der Waals surface area contributed by atoms with Crippen molar-refractivity contribution in [1.29, 1.82) is 0 Å². The summed E-state index contributed by atoms with van der Waals surface area (Å²) < 4.78 is 0. The Morgan fingerprint density at radius 2 is 1.88 bits per heavy atom. The second-order valence-corrected chi connectivity index (χ2v) is 7.07. The summed E-state index contributed by atoms with van der Waals surface area (Å²) in [5.41, 5.74) is -1.21. The third kappa shape index (κ3) is 1.13. The van der Waals surface area contributed by atoms with E-state index in [4.69, 9.17) is 0 Å². The number of Topliss-reactive ketones (excluding diaryl/α,β-unsaturated/α-hetero) is 2. The van der Waals surface area contributed by atoms with Crippen LogP contribution in [0.25, 0.3) is 0 Å². The first-order valence-electron chi connectivity index (χ1n) is 6.22. The number of ketones is 2. The molecule has 0 aromatic carbocycles. The highest BCUT2D eigenvalue weighted by Gasteiger charge is 2.68. The van der Waals surface area contributed by atoms with Gasteiger partial charge in [0.1, 0.15) is 5.78 Å². The molecule has 2 unspecified atom stereocenters. The van der Waals surface area contributed by atoms with E-state index < -0.39 is 10.8 Å².